The van der Waals surface area contributed by atoms with Crippen molar-refractivity contribution >= 4 is 32.5 Å². The van der Waals surface area contributed by atoms with Crippen LogP contribution in [0.3, 0.4) is 0 Å². The molecule has 1 aromatic carbocycles. The van der Waals surface area contributed by atoms with E-state index in [1.807, 2.05) is 36.7 Å². The largest absolute Gasteiger partial charge is 0.363 e. The minimum atomic E-state index is 0.154. The van der Waals surface area contributed by atoms with Crippen LogP contribution in [0.25, 0.3) is 10.8 Å². The number of hydrogen-bond acceptors (Lipinski definition) is 3. The number of fused-ring (bicyclic) bond motifs is 1. The van der Waals surface area contributed by atoms with Crippen LogP contribution < -0.4 is 5.32 Å². The highest BCUT2D eigenvalue weighted by atomic mass is 79.9. The molecule has 3 nitrogen and oxygen atoms in total. The van der Waals surface area contributed by atoms with E-state index in [0.717, 1.165) is 26.6 Å². The molecule has 1 atom stereocenters. The van der Waals surface area contributed by atoms with Crippen LogP contribution in [0.4, 0.5) is 5.82 Å². The summed E-state index contributed by atoms with van der Waals surface area (Å²) in [6.45, 7) is 2.11. The van der Waals surface area contributed by atoms with Gasteiger partial charge in [-0.05, 0) is 30.7 Å². The fourth-order valence-electron chi connectivity index (χ4n) is 2.20. The van der Waals surface area contributed by atoms with Crippen LogP contribution in [-0.2, 0) is 0 Å². The van der Waals surface area contributed by atoms with E-state index in [1.165, 1.54) is 0 Å². The van der Waals surface area contributed by atoms with Gasteiger partial charge < -0.3 is 5.32 Å². The third-order valence-corrected chi connectivity index (χ3v) is 3.98. The third-order valence-electron chi connectivity index (χ3n) is 3.29. The van der Waals surface area contributed by atoms with E-state index in [4.69, 9.17) is 0 Å². The van der Waals surface area contributed by atoms with Crippen LogP contribution >= 0.6 is 15.9 Å². The quantitative estimate of drug-likeness (QED) is 0.765. The van der Waals surface area contributed by atoms with Crippen molar-refractivity contribution in [1.29, 1.82) is 0 Å². The Morgan fingerprint density at radius 3 is 2.75 bits per heavy atom. The third kappa shape index (κ3) is 2.51. The molecular formula is C16H14BrN3. The van der Waals surface area contributed by atoms with E-state index < -0.39 is 0 Å². The van der Waals surface area contributed by atoms with Gasteiger partial charge in [-0.3, -0.25) is 4.98 Å². The second-order valence-electron chi connectivity index (χ2n) is 4.65. The lowest BCUT2D eigenvalue weighted by atomic mass is 10.1. The molecule has 3 rings (SSSR count). The normalized spacial score (nSPS) is 12.3. The summed E-state index contributed by atoms with van der Waals surface area (Å²) in [4.78, 5) is 8.62. The van der Waals surface area contributed by atoms with Crippen molar-refractivity contribution in [2.45, 2.75) is 13.0 Å². The van der Waals surface area contributed by atoms with Crippen molar-refractivity contribution in [3.63, 3.8) is 0 Å². The van der Waals surface area contributed by atoms with E-state index in [-0.39, 0.29) is 6.04 Å². The van der Waals surface area contributed by atoms with Gasteiger partial charge in [0.05, 0.1) is 6.04 Å². The van der Waals surface area contributed by atoms with Crippen LogP contribution in [0, 0.1) is 0 Å². The zero-order valence-corrected chi connectivity index (χ0v) is 12.6. The molecule has 20 heavy (non-hydrogen) atoms. The molecular weight excluding hydrogens is 314 g/mol. The number of benzene rings is 1. The van der Waals surface area contributed by atoms with E-state index in [1.54, 1.807) is 6.20 Å². The van der Waals surface area contributed by atoms with Gasteiger partial charge in [-0.15, -0.1) is 0 Å². The molecule has 3 aromatic rings. The second-order valence-corrected chi connectivity index (χ2v) is 5.50. The number of rotatable bonds is 3. The second kappa shape index (κ2) is 5.59. The molecule has 100 valence electrons. The van der Waals surface area contributed by atoms with Gasteiger partial charge in [-0.2, -0.15) is 0 Å². The Kier molecular flexibility index (Phi) is 3.65. The maximum absolute atomic E-state index is 4.46. The van der Waals surface area contributed by atoms with Gasteiger partial charge in [0.15, 0.2) is 0 Å². The Labute approximate surface area is 126 Å². The fourth-order valence-corrected chi connectivity index (χ4v) is 2.70. The zero-order chi connectivity index (χ0) is 13.9. The average molecular weight is 328 g/mol. The first-order valence-corrected chi connectivity index (χ1v) is 7.24. The molecule has 0 saturated heterocycles. The van der Waals surface area contributed by atoms with Crippen LogP contribution in [-0.4, -0.2) is 9.97 Å². The summed E-state index contributed by atoms with van der Waals surface area (Å²) in [5.74, 6) is 0.889. The standard InChI is InChI=1S/C16H14BrN3/c1-11(12-4-3-8-18-10-12)20-16-14-5-2-6-15(17)13(14)7-9-19-16/h2-11H,1H3,(H,19,20). The minimum Gasteiger partial charge on any atom is -0.363 e. The van der Waals surface area contributed by atoms with Crippen molar-refractivity contribution in [3.8, 4) is 0 Å². The number of halogens is 1. The summed E-state index contributed by atoms with van der Waals surface area (Å²) in [5, 5.41) is 5.72. The molecule has 0 amide bonds. The van der Waals surface area contributed by atoms with Gasteiger partial charge in [0.25, 0.3) is 0 Å². The first-order valence-electron chi connectivity index (χ1n) is 6.45. The van der Waals surface area contributed by atoms with Crippen molar-refractivity contribution in [2.75, 3.05) is 5.32 Å². The van der Waals surface area contributed by atoms with Crippen molar-refractivity contribution < 1.29 is 0 Å². The number of nitrogens with zero attached hydrogens (tertiary/aromatic N) is 2. The van der Waals surface area contributed by atoms with Crippen LogP contribution in [0.2, 0.25) is 0 Å². The smallest absolute Gasteiger partial charge is 0.134 e. The van der Waals surface area contributed by atoms with Gasteiger partial charge in [0.2, 0.25) is 0 Å². The maximum Gasteiger partial charge on any atom is 0.134 e. The van der Waals surface area contributed by atoms with Gasteiger partial charge in [0, 0.05) is 33.8 Å². The number of pyridine rings is 2. The Morgan fingerprint density at radius 2 is 1.95 bits per heavy atom. The highest BCUT2D eigenvalue weighted by Gasteiger charge is 2.09. The van der Waals surface area contributed by atoms with Gasteiger partial charge in [-0.25, -0.2) is 4.98 Å². The molecule has 4 heteroatoms. The topological polar surface area (TPSA) is 37.8 Å². The van der Waals surface area contributed by atoms with Crippen LogP contribution in [0.15, 0.2) is 59.5 Å². The fraction of sp³-hybridized carbons (Fsp3) is 0.125. The van der Waals surface area contributed by atoms with Crippen LogP contribution in [0.5, 0.6) is 0 Å². The highest BCUT2D eigenvalue weighted by molar-refractivity contribution is 9.10. The first kappa shape index (κ1) is 13.1. The molecule has 1 N–H and O–H groups in total. The van der Waals surface area contributed by atoms with Gasteiger partial charge in [0.1, 0.15) is 5.82 Å². The predicted octanol–water partition coefficient (Wildman–Crippen LogP) is 4.57. The molecule has 0 spiro atoms. The van der Waals surface area contributed by atoms with E-state index >= 15 is 0 Å². The summed E-state index contributed by atoms with van der Waals surface area (Å²) in [7, 11) is 0. The predicted molar refractivity (Wildman–Crippen MR) is 85.7 cm³/mol. The lowest BCUT2D eigenvalue weighted by Gasteiger charge is -2.16. The van der Waals surface area contributed by atoms with Crippen molar-refractivity contribution in [1.82, 2.24) is 9.97 Å². The molecule has 0 aliphatic carbocycles. The average Bonchev–Trinajstić information content (AvgIpc) is 2.49. The molecule has 2 heterocycles. The summed E-state index contributed by atoms with van der Waals surface area (Å²) in [6.07, 6.45) is 5.48. The molecule has 1 unspecified atom stereocenters. The van der Waals surface area contributed by atoms with E-state index in [9.17, 15) is 0 Å². The van der Waals surface area contributed by atoms with Crippen LogP contribution in [0.1, 0.15) is 18.5 Å². The Hall–Kier alpha value is -1.94. The number of aromatic nitrogens is 2. The molecule has 0 aliphatic rings. The molecule has 0 saturated carbocycles. The molecule has 0 bridgehead atoms. The first-order chi connectivity index (χ1) is 9.75. The van der Waals surface area contributed by atoms with Crippen molar-refractivity contribution in [2.24, 2.45) is 0 Å². The molecule has 2 aromatic heterocycles. The van der Waals surface area contributed by atoms with Gasteiger partial charge in [-0.1, -0.05) is 34.1 Å². The Balaban J connectivity index is 1.97. The monoisotopic (exact) mass is 327 g/mol. The molecule has 0 fully saturated rings. The molecule has 0 radical (unpaired) electrons. The Morgan fingerprint density at radius 1 is 1.05 bits per heavy atom. The zero-order valence-electron chi connectivity index (χ0n) is 11.0. The van der Waals surface area contributed by atoms with E-state index in [2.05, 4.69) is 50.3 Å². The minimum absolute atomic E-state index is 0.154. The summed E-state index contributed by atoms with van der Waals surface area (Å²) >= 11 is 3.58. The number of hydrogen-bond donors (Lipinski definition) is 1. The van der Waals surface area contributed by atoms with Crippen molar-refractivity contribution in [3.05, 3.63) is 65.0 Å². The number of anilines is 1. The summed E-state index contributed by atoms with van der Waals surface area (Å²) in [6, 6.07) is 12.3. The SMILES string of the molecule is CC(Nc1nccc2c(Br)cccc12)c1cccnc1. The Bertz CT molecular complexity index is 728. The van der Waals surface area contributed by atoms with Gasteiger partial charge >= 0.3 is 0 Å². The summed E-state index contributed by atoms with van der Waals surface area (Å²) in [5.41, 5.74) is 1.14. The lowest BCUT2D eigenvalue weighted by Crippen LogP contribution is -2.08. The summed E-state index contributed by atoms with van der Waals surface area (Å²) < 4.78 is 1.08. The lowest BCUT2D eigenvalue weighted by molar-refractivity contribution is 0.869. The van der Waals surface area contributed by atoms with E-state index in [0.29, 0.717) is 0 Å². The molecule has 0 aliphatic heterocycles. The number of nitrogens with one attached hydrogen (secondary N) is 1. The highest BCUT2D eigenvalue weighted by Crippen LogP contribution is 2.29. The maximum atomic E-state index is 4.46.